The Morgan fingerprint density at radius 2 is 1.90 bits per heavy atom. The Kier molecular flexibility index (Phi) is 5.22. The molecule has 1 saturated heterocycles. The highest BCUT2D eigenvalue weighted by atomic mass is 19.1. The van der Waals surface area contributed by atoms with Gasteiger partial charge in [-0.1, -0.05) is 18.2 Å². The highest BCUT2D eigenvalue weighted by molar-refractivity contribution is 6.04. The Bertz CT molecular complexity index is 1110. The first-order chi connectivity index (χ1) is 14.0. The molecule has 0 radical (unpaired) electrons. The van der Waals surface area contributed by atoms with E-state index in [2.05, 4.69) is 15.6 Å². The molecular formula is C20H18F2N4O3. The molecule has 0 unspecified atom stereocenters. The number of rotatable bonds is 4. The summed E-state index contributed by atoms with van der Waals surface area (Å²) in [5, 5.41) is 5.24. The van der Waals surface area contributed by atoms with Gasteiger partial charge in [0.15, 0.2) is 0 Å². The van der Waals surface area contributed by atoms with Crippen molar-refractivity contribution in [3.8, 4) is 0 Å². The van der Waals surface area contributed by atoms with E-state index < -0.39 is 29.0 Å². The maximum Gasteiger partial charge on any atom is 0.349 e. The van der Waals surface area contributed by atoms with E-state index in [1.165, 1.54) is 10.6 Å². The number of benzene rings is 2. The summed E-state index contributed by atoms with van der Waals surface area (Å²) < 4.78 is 34.6. The molecule has 4 rings (SSSR count). The third-order valence-corrected chi connectivity index (χ3v) is 4.72. The monoisotopic (exact) mass is 400 g/mol. The van der Waals surface area contributed by atoms with Gasteiger partial charge < -0.3 is 10.1 Å². The molecule has 29 heavy (non-hydrogen) atoms. The van der Waals surface area contributed by atoms with Crippen molar-refractivity contribution in [2.24, 2.45) is 0 Å². The van der Waals surface area contributed by atoms with Gasteiger partial charge in [0.2, 0.25) is 0 Å². The van der Waals surface area contributed by atoms with Crippen LogP contribution in [0.3, 0.4) is 0 Å². The normalized spacial score (nSPS) is 16.1. The Hall–Kier alpha value is -3.33. The van der Waals surface area contributed by atoms with Gasteiger partial charge in [-0.2, -0.15) is 4.98 Å². The number of halogens is 2. The Balaban J connectivity index is 1.70. The average Bonchev–Trinajstić information content (AvgIpc) is 3.21. The molecule has 1 aromatic heterocycles. The third-order valence-electron chi connectivity index (χ3n) is 4.72. The second kappa shape index (κ2) is 7.96. The zero-order valence-electron chi connectivity index (χ0n) is 15.3. The minimum atomic E-state index is -0.906. The summed E-state index contributed by atoms with van der Waals surface area (Å²) in [6, 6.07) is 9.19. The van der Waals surface area contributed by atoms with E-state index in [1.807, 2.05) is 0 Å². The van der Waals surface area contributed by atoms with Crippen molar-refractivity contribution in [3.05, 3.63) is 64.6 Å². The van der Waals surface area contributed by atoms with E-state index in [4.69, 9.17) is 4.74 Å². The minimum absolute atomic E-state index is 0.178. The molecule has 150 valence electrons. The fourth-order valence-electron chi connectivity index (χ4n) is 3.34. The lowest BCUT2D eigenvalue weighted by Crippen LogP contribution is -2.33. The van der Waals surface area contributed by atoms with Crippen LogP contribution >= 0.6 is 0 Å². The number of ether oxygens (including phenoxy) is 1. The van der Waals surface area contributed by atoms with Gasteiger partial charge in [-0.25, -0.2) is 18.4 Å². The number of anilines is 2. The Morgan fingerprint density at radius 3 is 2.62 bits per heavy atom. The number of nitrogens with zero attached hydrogens (tertiary/aromatic N) is 2. The highest BCUT2D eigenvalue weighted by Gasteiger charge is 2.21. The van der Waals surface area contributed by atoms with Gasteiger partial charge in [0.1, 0.15) is 23.1 Å². The van der Waals surface area contributed by atoms with Gasteiger partial charge in [0.05, 0.1) is 18.2 Å². The van der Waals surface area contributed by atoms with Gasteiger partial charge in [0, 0.05) is 12.0 Å². The fourth-order valence-corrected chi connectivity index (χ4v) is 3.34. The summed E-state index contributed by atoms with van der Waals surface area (Å²) in [5.74, 6) is -1.63. The molecule has 0 spiro atoms. The molecule has 1 atom stereocenters. The number of carbonyl (C=O) groups excluding carboxylic acids is 1. The van der Waals surface area contributed by atoms with Gasteiger partial charge in [-0.3, -0.25) is 9.88 Å². The van der Waals surface area contributed by atoms with Crippen LogP contribution in [-0.2, 0) is 11.3 Å². The first-order valence-electron chi connectivity index (χ1n) is 9.16. The highest BCUT2D eigenvalue weighted by Crippen LogP contribution is 2.23. The summed E-state index contributed by atoms with van der Waals surface area (Å²) in [4.78, 5) is 29.2. The smallest absolute Gasteiger partial charge is 0.349 e. The van der Waals surface area contributed by atoms with E-state index in [-0.39, 0.29) is 18.5 Å². The summed E-state index contributed by atoms with van der Waals surface area (Å²) in [5.41, 5.74) is -0.726. The molecule has 0 bridgehead atoms. The Labute approximate surface area is 164 Å². The number of nitrogens with one attached hydrogen (secondary N) is 2. The maximum absolute atomic E-state index is 13.9. The lowest BCUT2D eigenvalue weighted by Gasteiger charge is -2.18. The number of fused-ring (bicyclic) bond motifs is 1. The van der Waals surface area contributed by atoms with Crippen LogP contribution < -0.4 is 16.3 Å². The van der Waals surface area contributed by atoms with Crippen molar-refractivity contribution in [1.82, 2.24) is 9.55 Å². The zero-order valence-corrected chi connectivity index (χ0v) is 15.3. The van der Waals surface area contributed by atoms with Crippen LogP contribution in [0.4, 0.5) is 25.1 Å². The number of hydrogen-bond donors (Lipinski definition) is 2. The quantitative estimate of drug-likeness (QED) is 0.702. The molecule has 1 aliphatic heterocycles. The second-order valence-electron chi connectivity index (χ2n) is 6.68. The molecule has 0 saturated carbocycles. The molecule has 0 aliphatic carbocycles. The molecule has 1 aliphatic rings. The molecule has 9 heteroatoms. The first-order valence-corrected chi connectivity index (χ1v) is 9.16. The van der Waals surface area contributed by atoms with Crippen LogP contribution in [0.25, 0.3) is 10.9 Å². The lowest BCUT2D eigenvalue weighted by atomic mass is 10.2. The average molecular weight is 400 g/mol. The second-order valence-corrected chi connectivity index (χ2v) is 6.68. The summed E-state index contributed by atoms with van der Waals surface area (Å²) in [6.07, 6.45) is 1.49. The molecule has 1 fully saturated rings. The van der Waals surface area contributed by atoms with Crippen molar-refractivity contribution < 1.29 is 18.3 Å². The largest absolute Gasteiger partial charge is 0.376 e. The van der Waals surface area contributed by atoms with Crippen molar-refractivity contribution in [3.63, 3.8) is 0 Å². The number of para-hydroxylation sites is 2. The number of amides is 2. The van der Waals surface area contributed by atoms with Gasteiger partial charge in [-0.15, -0.1) is 0 Å². The van der Waals surface area contributed by atoms with E-state index >= 15 is 0 Å². The molecule has 7 nitrogen and oxygen atoms in total. The zero-order chi connectivity index (χ0) is 20.4. The van der Waals surface area contributed by atoms with Gasteiger partial charge >= 0.3 is 11.7 Å². The lowest BCUT2D eigenvalue weighted by molar-refractivity contribution is 0.0964. The van der Waals surface area contributed by atoms with Crippen molar-refractivity contribution in [2.75, 3.05) is 17.2 Å². The predicted octanol–water partition coefficient (Wildman–Crippen LogP) is 3.50. The van der Waals surface area contributed by atoms with Crippen molar-refractivity contribution in [1.29, 1.82) is 0 Å². The number of urea groups is 1. The fraction of sp³-hybridized carbons (Fsp3) is 0.250. The summed E-state index contributed by atoms with van der Waals surface area (Å²) >= 11 is 0. The van der Waals surface area contributed by atoms with Crippen LogP contribution in [0.2, 0.25) is 0 Å². The number of carbonyl (C=O) groups is 1. The van der Waals surface area contributed by atoms with Crippen LogP contribution in [0, 0.1) is 11.6 Å². The third kappa shape index (κ3) is 3.95. The molecule has 2 aromatic carbocycles. The maximum atomic E-state index is 13.9. The van der Waals surface area contributed by atoms with Crippen molar-refractivity contribution >= 4 is 28.4 Å². The van der Waals surface area contributed by atoms with E-state index in [9.17, 15) is 18.4 Å². The van der Waals surface area contributed by atoms with Crippen LogP contribution in [-0.4, -0.2) is 28.3 Å². The molecule has 2 N–H and O–H groups in total. The van der Waals surface area contributed by atoms with Gasteiger partial charge in [-0.05, 0) is 37.1 Å². The molecule has 2 heterocycles. The topological polar surface area (TPSA) is 85.3 Å². The van der Waals surface area contributed by atoms with Crippen LogP contribution in [0.1, 0.15) is 12.8 Å². The van der Waals surface area contributed by atoms with Crippen molar-refractivity contribution in [2.45, 2.75) is 25.5 Å². The number of hydrogen-bond acceptors (Lipinski definition) is 4. The SMILES string of the molecule is O=C(Nc1c(F)cccc1F)Nc1c2ccccc2nc(=O)n1C[C@@H]1CCCO1. The van der Waals surface area contributed by atoms with Crippen LogP contribution in [0.15, 0.2) is 47.3 Å². The first kappa shape index (κ1) is 19.0. The standard InChI is InChI=1S/C20H18F2N4O3/c21-14-7-3-8-15(22)17(14)24-19(27)25-18-13-6-1-2-9-16(13)23-20(28)26(18)11-12-5-4-10-29-12/h1-3,6-9,12H,4-5,10-11H2,(H2,24,25,27)/t12-/m0/s1. The van der Waals surface area contributed by atoms with E-state index in [1.54, 1.807) is 24.3 Å². The number of aromatic nitrogens is 2. The minimum Gasteiger partial charge on any atom is -0.376 e. The predicted molar refractivity (Wildman–Crippen MR) is 104 cm³/mol. The Morgan fingerprint density at radius 1 is 1.14 bits per heavy atom. The van der Waals surface area contributed by atoms with E-state index in [0.29, 0.717) is 17.5 Å². The van der Waals surface area contributed by atoms with E-state index in [0.717, 1.165) is 25.0 Å². The van der Waals surface area contributed by atoms with Crippen LogP contribution in [0.5, 0.6) is 0 Å². The molecular weight excluding hydrogens is 382 g/mol. The summed E-state index contributed by atoms with van der Waals surface area (Å²) in [7, 11) is 0. The molecule has 2 amide bonds. The summed E-state index contributed by atoms with van der Waals surface area (Å²) in [6.45, 7) is 0.816. The molecule has 3 aromatic rings. The van der Waals surface area contributed by atoms with Gasteiger partial charge in [0.25, 0.3) is 0 Å².